The molecule has 1 saturated carbocycles. The number of hydrogen-bond acceptors (Lipinski definition) is 8. The first-order chi connectivity index (χ1) is 15.1. The third-order valence-electron chi connectivity index (χ3n) is 6.07. The van der Waals surface area contributed by atoms with Gasteiger partial charge in [-0.3, -0.25) is 4.79 Å². The van der Waals surface area contributed by atoms with Crippen LogP contribution in [-0.2, 0) is 0 Å². The van der Waals surface area contributed by atoms with E-state index in [1.165, 1.54) is 32.1 Å². The Kier molecular flexibility index (Phi) is 6.81. The predicted molar refractivity (Wildman–Crippen MR) is 123 cm³/mol. The molecule has 0 radical (unpaired) electrons. The van der Waals surface area contributed by atoms with Crippen LogP contribution in [0.1, 0.15) is 54.4 Å². The molecule has 2 heterocycles. The molecular weight excluding hydrogens is 392 g/mol. The van der Waals surface area contributed by atoms with Crippen LogP contribution in [0.3, 0.4) is 0 Å². The van der Waals surface area contributed by atoms with Gasteiger partial charge in [-0.25, -0.2) is 0 Å². The number of nitrogens with zero attached hydrogens (tertiary/aromatic N) is 3. The summed E-state index contributed by atoms with van der Waals surface area (Å²) in [5, 5.41) is 13.4. The lowest BCUT2D eigenvalue weighted by Crippen LogP contribution is -2.24. The second-order valence-corrected chi connectivity index (χ2v) is 8.54. The first-order valence-corrected chi connectivity index (χ1v) is 11.2. The molecule has 4 rings (SSSR count). The number of nitrogens with two attached hydrogens (primary N) is 1. The summed E-state index contributed by atoms with van der Waals surface area (Å²) < 4.78 is 0. The zero-order valence-corrected chi connectivity index (χ0v) is 18.1. The number of rotatable bonds is 8. The van der Waals surface area contributed by atoms with E-state index in [4.69, 9.17) is 5.73 Å². The molecule has 2 aliphatic rings. The third kappa shape index (κ3) is 5.81. The van der Waals surface area contributed by atoms with E-state index in [2.05, 4.69) is 36.2 Å². The highest BCUT2D eigenvalue weighted by Gasteiger charge is 2.18. The number of benzene rings is 1. The molecule has 1 amide bonds. The van der Waals surface area contributed by atoms with Crippen LogP contribution in [0.2, 0.25) is 0 Å². The SMILES string of the molecule is Cc1ccc(C(N)=O)cc1Nc1nc(NCC2CCCCC2)nc(N[C@@H]2CCNC2)n1. The molecule has 0 unspecified atom stereocenters. The third-order valence-corrected chi connectivity index (χ3v) is 6.07. The van der Waals surface area contributed by atoms with Gasteiger partial charge in [0, 0.05) is 30.4 Å². The van der Waals surface area contributed by atoms with E-state index in [1.54, 1.807) is 12.1 Å². The van der Waals surface area contributed by atoms with Crippen molar-refractivity contribution in [2.75, 3.05) is 35.6 Å². The Morgan fingerprint density at radius 3 is 2.61 bits per heavy atom. The molecule has 1 aliphatic carbocycles. The molecule has 2 aromatic rings. The van der Waals surface area contributed by atoms with E-state index >= 15 is 0 Å². The van der Waals surface area contributed by atoms with Gasteiger partial charge in [0.2, 0.25) is 23.8 Å². The second kappa shape index (κ2) is 9.91. The normalized spacial score (nSPS) is 19.2. The minimum atomic E-state index is -0.468. The van der Waals surface area contributed by atoms with Crippen molar-refractivity contribution < 1.29 is 4.79 Å². The van der Waals surface area contributed by atoms with Crippen LogP contribution in [-0.4, -0.2) is 46.5 Å². The molecule has 1 aliphatic heterocycles. The molecule has 1 atom stereocenters. The molecule has 1 aromatic heterocycles. The van der Waals surface area contributed by atoms with Crippen molar-refractivity contribution in [2.24, 2.45) is 11.7 Å². The topological polar surface area (TPSA) is 130 Å². The van der Waals surface area contributed by atoms with Gasteiger partial charge in [-0.05, 0) is 56.3 Å². The van der Waals surface area contributed by atoms with Gasteiger partial charge in [0.25, 0.3) is 0 Å². The number of aryl methyl sites for hydroxylation is 1. The summed E-state index contributed by atoms with van der Waals surface area (Å²) in [5.74, 6) is 1.72. The van der Waals surface area contributed by atoms with Crippen molar-refractivity contribution >= 4 is 29.4 Å². The van der Waals surface area contributed by atoms with Crippen molar-refractivity contribution in [3.05, 3.63) is 29.3 Å². The molecule has 0 bridgehead atoms. The van der Waals surface area contributed by atoms with Gasteiger partial charge < -0.3 is 27.0 Å². The fraction of sp³-hybridized carbons (Fsp3) is 0.545. The average molecular weight is 425 g/mol. The van der Waals surface area contributed by atoms with E-state index in [0.29, 0.717) is 35.4 Å². The highest BCUT2D eigenvalue weighted by molar-refractivity contribution is 5.94. The largest absolute Gasteiger partial charge is 0.366 e. The number of primary amides is 1. The number of anilines is 4. The van der Waals surface area contributed by atoms with Crippen LogP contribution in [0.15, 0.2) is 18.2 Å². The summed E-state index contributed by atoms with van der Waals surface area (Å²) >= 11 is 0. The highest BCUT2D eigenvalue weighted by atomic mass is 16.1. The molecule has 9 heteroatoms. The quantitative estimate of drug-likeness (QED) is 0.437. The molecule has 1 aromatic carbocycles. The number of nitrogens with one attached hydrogen (secondary N) is 4. The van der Waals surface area contributed by atoms with Crippen LogP contribution in [0, 0.1) is 12.8 Å². The number of hydrogen-bond donors (Lipinski definition) is 5. The standard InChI is InChI=1S/C22H32N8O/c1-14-7-8-16(19(23)31)11-18(14)27-22-29-20(25-12-15-5-3-2-4-6-15)28-21(30-22)26-17-9-10-24-13-17/h7-8,11,15,17,24H,2-6,9-10,12-13H2,1H3,(H2,23,31)(H3,25,26,27,28,29,30)/t17-/m1/s1. The summed E-state index contributed by atoms with van der Waals surface area (Å²) in [7, 11) is 0. The van der Waals surface area contributed by atoms with Gasteiger partial charge in [0.1, 0.15) is 0 Å². The maximum Gasteiger partial charge on any atom is 0.248 e. The Hall–Kier alpha value is -2.94. The number of amides is 1. The maximum absolute atomic E-state index is 11.6. The Morgan fingerprint density at radius 1 is 1.10 bits per heavy atom. The first kappa shape index (κ1) is 21.3. The van der Waals surface area contributed by atoms with Crippen LogP contribution >= 0.6 is 0 Å². The Labute approximate surface area is 183 Å². The molecule has 9 nitrogen and oxygen atoms in total. The molecule has 1 saturated heterocycles. The number of carbonyl (C=O) groups excluding carboxylic acids is 1. The zero-order valence-electron chi connectivity index (χ0n) is 18.1. The first-order valence-electron chi connectivity index (χ1n) is 11.2. The number of carbonyl (C=O) groups is 1. The van der Waals surface area contributed by atoms with Crippen LogP contribution in [0.4, 0.5) is 23.5 Å². The lowest BCUT2D eigenvalue weighted by atomic mass is 9.89. The summed E-state index contributed by atoms with van der Waals surface area (Å²) in [6.45, 7) is 4.70. The monoisotopic (exact) mass is 424 g/mol. The summed E-state index contributed by atoms with van der Waals surface area (Å²) in [6.07, 6.45) is 7.46. The molecule has 0 spiro atoms. The van der Waals surface area contributed by atoms with Crippen molar-refractivity contribution in [1.29, 1.82) is 0 Å². The van der Waals surface area contributed by atoms with E-state index < -0.39 is 5.91 Å². The Morgan fingerprint density at radius 2 is 1.87 bits per heavy atom. The lowest BCUT2D eigenvalue weighted by molar-refractivity contribution is 0.100. The van der Waals surface area contributed by atoms with E-state index in [1.807, 2.05) is 13.0 Å². The zero-order chi connectivity index (χ0) is 21.6. The summed E-state index contributed by atoms with van der Waals surface area (Å²) in [5.41, 5.74) is 7.59. The molecule has 166 valence electrons. The lowest BCUT2D eigenvalue weighted by Gasteiger charge is -2.22. The van der Waals surface area contributed by atoms with Crippen LogP contribution < -0.4 is 27.0 Å². The van der Waals surface area contributed by atoms with Gasteiger partial charge >= 0.3 is 0 Å². The molecular formula is C22H32N8O. The van der Waals surface area contributed by atoms with Gasteiger partial charge in [0.05, 0.1) is 0 Å². The predicted octanol–water partition coefficient (Wildman–Crippen LogP) is 2.79. The number of aromatic nitrogens is 3. The molecule has 6 N–H and O–H groups in total. The summed E-state index contributed by atoms with van der Waals surface area (Å²) in [4.78, 5) is 25.3. The van der Waals surface area contributed by atoms with Crippen molar-refractivity contribution in [3.8, 4) is 0 Å². The molecule has 31 heavy (non-hydrogen) atoms. The minimum Gasteiger partial charge on any atom is -0.366 e. The van der Waals surface area contributed by atoms with Gasteiger partial charge in [-0.15, -0.1) is 0 Å². The van der Waals surface area contributed by atoms with Gasteiger partial charge in [-0.1, -0.05) is 25.3 Å². The fourth-order valence-electron chi connectivity index (χ4n) is 4.19. The maximum atomic E-state index is 11.6. The minimum absolute atomic E-state index is 0.293. The Balaban J connectivity index is 1.54. The van der Waals surface area contributed by atoms with E-state index in [9.17, 15) is 4.79 Å². The average Bonchev–Trinajstić information content (AvgIpc) is 3.27. The van der Waals surface area contributed by atoms with Crippen molar-refractivity contribution in [1.82, 2.24) is 20.3 Å². The highest BCUT2D eigenvalue weighted by Crippen LogP contribution is 2.25. The van der Waals surface area contributed by atoms with Crippen LogP contribution in [0.25, 0.3) is 0 Å². The second-order valence-electron chi connectivity index (χ2n) is 8.54. The fourth-order valence-corrected chi connectivity index (χ4v) is 4.19. The smallest absolute Gasteiger partial charge is 0.248 e. The van der Waals surface area contributed by atoms with Gasteiger partial charge in [-0.2, -0.15) is 15.0 Å². The van der Waals surface area contributed by atoms with Gasteiger partial charge in [0.15, 0.2) is 0 Å². The van der Waals surface area contributed by atoms with E-state index in [0.717, 1.165) is 37.3 Å². The van der Waals surface area contributed by atoms with Crippen molar-refractivity contribution in [3.63, 3.8) is 0 Å². The summed E-state index contributed by atoms with van der Waals surface area (Å²) in [6, 6.07) is 5.59. The van der Waals surface area contributed by atoms with Crippen LogP contribution in [0.5, 0.6) is 0 Å². The molecule has 2 fully saturated rings. The Bertz CT molecular complexity index is 906. The van der Waals surface area contributed by atoms with Crippen molar-refractivity contribution in [2.45, 2.75) is 51.5 Å². The van der Waals surface area contributed by atoms with E-state index in [-0.39, 0.29) is 0 Å².